The Kier molecular flexibility index (Phi) is 47.4. The highest BCUT2D eigenvalue weighted by atomic mass is 16.6. The smallest absolute Gasteiger partial charge is 0.329 e. The molecule has 5 N–H and O–H groups in total. The molecule has 2 saturated heterocycles. The summed E-state index contributed by atoms with van der Waals surface area (Å²) in [5, 5.41) is 30.3. The molecule has 2 bridgehead atoms. The Morgan fingerprint density at radius 3 is 1.99 bits per heavy atom. The van der Waals surface area contributed by atoms with Gasteiger partial charge in [-0.05, 0) is 162 Å². The fourth-order valence-electron chi connectivity index (χ4n) is 17.6. The SMILES string of the molecule is CCOCCOCCOCCOCCOCCC(=O)N1CCc2cc(Cn3nc(-c4cnc5[nH]ccc5c4)c4c(N)ncnc43)ccc2C1.CCOCCOCCOCCOCCOCCCC(=O)O[C@@H]1CC[C@@H](C[C@@H](C)[C@@H]2CC(=O)[C@H](C)/C=C(\C)[C@@H](O)[C@@H](OC)C(=O)[C@H](C)C[C@H](C)/C=C/C=C/C=C(\C)[C@@H](OC)C[C@@H]3CC[C@@H](C)[C@@](O)(O3)C(=O)C(=O)N3CCCC[C@H]3C(=O)O2)C[C@H]1OC. The highest BCUT2D eigenvalue weighted by Gasteiger charge is 2.53. The minimum atomic E-state index is -2.46. The number of nitrogens with zero attached hydrogens (tertiary/aromatic N) is 7. The molecule has 744 valence electrons. The molecule has 1 aromatic carbocycles. The van der Waals surface area contributed by atoms with Crippen LogP contribution in [0.15, 0.2) is 96.7 Å². The van der Waals surface area contributed by atoms with Crippen LogP contribution >= 0.6 is 0 Å². The number of methoxy groups -OCH3 is 3. The molecule has 8 heterocycles. The average molecular weight is 1880 g/mol. The summed E-state index contributed by atoms with van der Waals surface area (Å²) in [5.74, 6) is -8.29. The molecule has 4 aliphatic heterocycles. The van der Waals surface area contributed by atoms with Gasteiger partial charge in [0.1, 0.15) is 59.7 Å². The number of esters is 2. The number of cyclic esters (lactones) is 1. The second kappa shape index (κ2) is 58.3. The first-order chi connectivity index (χ1) is 64.8. The first-order valence-electron chi connectivity index (χ1n) is 48.0. The van der Waals surface area contributed by atoms with Gasteiger partial charge < -0.3 is 107 Å². The van der Waals surface area contributed by atoms with Gasteiger partial charge in [0, 0.05) is 121 Å². The van der Waals surface area contributed by atoms with Crippen molar-refractivity contribution in [2.45, 2.75) is 233 Å². The quantitative estimate of drug-likeness (QED) is 0.0122. The van der Waals surface area contributed by atoms with E-state index in [1.54, 1.807) is 47.3 Å². The normalized spacial score (nSPS) is 26.1. The second-order valence-corrected chi connectivity index (χ2v) is 35.5. The molecule has 5 aromatic rings. The van der Waals surface area contributed by atoms with Crippen LogP contribution in [0, 0.1) is 35.5 Å². The highest BCUT2D eigenvalue weighted by molar-refractivity contribution is 6.39. The Bertz CT molecular complexity index is 4570. The molecule has 134 heavy (non-hydrogen) atoms. The first-order valence-corrected chi connectivity index (χ1v) is 48.0. The number of ketones is 3. The minimum Gasteiger partial charge on any atom is -0.460 e. The predicted molar refractivity (Wildman–Crippen MR) is 502 cm³/mol. The summed E-state index contributed by atoms with van der Waals surface area (Å²) in [6.45, 7) is 28.3. The number of aliphatic hydroxyl groups is 2. The van der Waals surface area contributed by atoms with Crippen molar-refractivity contribution in [3.8, 4) is 11.3 Å². The average Bonchev–Trinajstić information content (AvgIpc) is 1.33. The maximum Gasteiger partial charge on any atom is 0.329 e. The number of aromatic amines is 1. The molecule has 1 saturated carbocycles. The summed E-state index contributed by atoms with van der Waals surface area (Å²) in [7, 11) is 4.52. The number of hydrogen-bond donors (Lipinski definition) is 4. The van der Waals surface area contributed by atoms with E-state index in [0.29, 0.717) is 257 Å². The summed E-state index contributed by atoms with van der Waals surface area (Å²) < 4.78 is 92.4. The molecule has 3 fully saturated rings. The van der Waals surface area contributed by atoms with Gasteiger partial charge in [-0.15, -0.1) is 0 Å². The Hall–Kier alpha value is -8.53. The van der Waals surface area contributed by atoms with Gasteiger partial charge in [-0.2, -0.15) is 5.10 Å². The number of anilines is 1. The highest BCUT2D eigenvalue weighted by Crippen LogP contribution is 2.40. The van der Waals surface area contributed by atoms with E-state index < -0.39 is 95.9 Å². The van der Waals surface area contributed by atoms with Gasteiger partial charge in [-0.3, -0.25) is 28.8 Å². The minimum absolute atomic E-state index is 0.00341. The van der Waals surface area contributed by atoms with E-state index in [0.717, 1.165) is 39.7 Å². The van der Waals surface area contributed by atoms with Crippen LogP contribution < -0.4 is 5.73 Å². The van der Waals surface area contributed by atoms with E-state index in [4.69, 9.17) is 86.6 Å². The number of hydrogen-bond acceptors (Lipinski definition) is 30. The van der Waals surface area contributed by atoms with Crippen molar-refractivity contribution in [1.82, 2.24) is 39.5 Å². The number of allylic oxidation sites excluding steroid dienone is 6. The van der Waals surface area contributed by atoms with E-state index in [2.05, 4.69) is 38.1 Å². The van der Waals surface area contributed by atoms with Crippen molar-refractivity contribution in [3.05, 3.63) is 113 Å². The molecule has 0 unspecified atom stereocenters. The standard InChI is InChI=1S/C65H105NO19.C35H44N8O6/c1-12-78-29-30-80-33-34-82-36-35-81-32-31-79-28-18-22-58(68)83-54-26-24-50(40-57(54)76-10)39-46(5)56-42-53(67)45(4)38-48(7)60(70)61(77-11)59(69)47(6)37-43(2)19-14-13-15-20-44(3)55(75-9)41-51-25-23-49(8)65(74,85-51)62(71)63(72)66-27-17-16-21-52(66)64(73)84-56;1-2-45-11-12-47-15-16-49-18-17-48-14-13-46-10-7-30(44)42-9-6-26-19-25(3-4-28(26)23-42)22-43-35-31(33(36)39-24-40-35)32(41-43)29-20-27-5-8-37-34(27)38-21-29/h13-15,19-20,38,43,45-47,49-52,54-57,60-61,70,74H,12,16-18,21-37,39-42H2,1-11H3;3-5,8,19-21,24H,2,6-7,9-18,22-23H2,1H3,(H,37,38)(H2,36,39,40)/b15-13+,19-14+,44-20+,48-38+;/t43-,45-,46-,47-,49-,50+,51+,52+,54-,55+,56+,57-,60-,61+,65-;/m1./s1. The van der Waals surface area contributed by atoms with Crippen LogP contribution in [0.25, 0.3) is 33.3 Å². The van der Waals surface area contributed by atoms with E-state index in [-0.39, 0.29) is 61.1 Å². The van der Waals surface area contributed by atoms with E-state index >= 15 is 0 Å². The topological polar surface area (TPSA) is 412 Å². The molecule has 10 rings (SSSR count). The zero-order valence-corrected chi connectivity index (χ0v) is 80.9. The zero-order valence-electron chi connectivity index (χ0n) is 80.9. The summed E-state index contributed by atoms with van der Waals surface area (Å²) in [5.41, 5.74) is 14.1. The van der Waals surface area contributed by atoms with Crippen molar-refractivity contribution < 1.29 is 120 Å². The maximum absolute atomic E-state index is 14.7. The van der Waals surface area contributed by atoms with Crippen molar-refractivity contribution in [2.75, 3.05) is 172 Å². The number of carbonyl (C=O) groups is 7. The number of aromatic nitrogens is 6. The van der Waals surface area contributed by atoms with Crippen LogP contribution in [0.3, 0.4) is 0 Å². The Balaban J connectivity index is 0.000000345. The number of amides is 2. The number of pyridine rings is 1. The van der Waals surface area contributed by atoms with Crippen LogP contribution in [0.4, 0.5) is 5.82 Å². The third kappa shape index (κ3) is 34.0. The lowest BCUT2D eigenvalue weighted by Gasteiger charge is -2.42. The molecule has 1 aliphatic carbocycles. The van der Waals surface area contributed by atoms with Gasteiger partial charge in [-0.25, -0.2) is 24.4 Å². The van der Waals surface area contributed by atoms with Crippen LogP contribution in [0.1, 0.15) is 175 Å². The third-order valence-corrected chi connectivity index (χ3v) is 25.5. The first kappa shape index (κ1) is 109. The summed E-state index contributed by atoms with van der Waals surface area (Å²) in [4.78, 5) is 117. The van der Waals surface area contributed by atoms with Crippen molar-refractivity contribution in [1.29, 1.82) is 0 Å². The van der Waals surface area contributed by atoms with Gasteiger partial charge in [0.15, 0.2) is 11.4 Å². The third-order valence-electron chi connectivity index (χ3n) is 25.5. The molecule has 4 aromatic heterocycles. The number of fused-ring (bicyclic) bond motifs is 6. The monoisotopic (exact) mass is 1880 g/mol. The lowest BCUT2D eigenvalue weighted by Crippen LogP contribution is -2.61. The number of aliphatic hydroxyl groups excluding tert-OH is 1. The predicted octanol–water partition coefficient (Wildman–Crippen LogP) is 11.0. The van der Waals surface area contributed by atoms with Gasteiger partial charge in [0.25, 0.3) is 11.7 Å². The number of benzene rings is 1. The van der Waals surface area contributed by atoms with Crippen molar-refractivity contribution in [2.24, 2.45) is 35.5 Å². The lowest BCUT2D eigenvalue weighted by atomic mass is 9.78. The summed E-state index contributed by atoms with van der Waals surface area (Å²) >= 11 is 0. The molecular weight excluding hydrogens is 1730 g/mol. The molecule has 15 atom stereocenters. The number of H-pyrrole nitrogens is 1. The van der Waals surface area contributed by atoms with E-state index in [1.165, 1.54) is 23.9 Å². The Morgan fingerprint density at radius 2 is 1.34 bits per heavy atom. The molecule has 5 aliphatic rings. The fourth-order valence-corrected chi connectivity index (χ4v) is 17.6. The number of nitrogen functional groups attached to an aromatic ring is 1. The number of piperidine rings is 1. The molecule has 0 spiro atoms. The number of Topliss-reactive ketones (excluding diaryl/α,β-unsaturated/α-hetero) is 3. The number of rotatable bonds is 43. The summed E-state index contributed by atoms with van der Waals surface area (Å²) in [6, 6.07) is 9.22. The van der Waals surface area contributed by atoms with E-state index in [9.17, 15) is 43.8 Å². The summed E-state index contributed by atoms with van der Waals surface area (Å²) in [6.07, 6.45) is 17.5. The number of nitrogens with one attached hydrogen (secondary N) is 1. The van der Waals surface area contributed by atoms with Gasteiger partial charge in [0.05, 0.1) is 149 Å². The Morgan fingerprint density at radius 1 is 0.679 bits per heavy atom. The maximum atomic E-state index is 14.7. The van der Waals surface area contributed by atoms with Crippen LogP contribution in [0.2, 0.25) is 0 Å². The largest absolute Gasteiger partial charge is 0.460 e. The van der Waals surface area contributed by atoms with Gasteiger partial charge in [0.2, 0.25) is 11.7 Å². The van der Waals surface area contributed by atoms with Crippen LogP contribution in [0.5, 0.6) is 0 Å². The van der Waals surface area contributed by atoms with Gasteiger partial charge >= 0.3 is 11.9 Å². The molecule has 34 heteroatoms. The Labute approximate surface area is 789 Å². The second-order valence-electron chi connectivity index (χ2n) is 35.5. The fraction of sp³-hybridized carbons (Fsp3) is 0.670. The van der Waals surface area contributed by atoms with Crippen LogP contribution in [-0.4, -0.2) is 312 Å². The molecule has 0 radical (unpaired) electrons. The number of ether oxygens (including phenoxy) is 16. The number of nitrogens with two attached hydrogens (primary N) is 1. The van der Waals surface area contributed by atoms with Crippen molar-refractivity contribution in [3.63, 3.8) is 0 Å². The molecule has 34 nitrogen and oxygen atoms in total. The van der Waals surface area contributed by atoms with Crippen LogP contribution in [-0.2, 0) is 129 Å². The molecule has 2 amide bonds. The van der Waals surface area contributed by atoms with Crippen molar-refractivity contribution >= 4 is 69.0 Å². The lowest BCUT2D eigenvalue weighted by molar-refractivity contribution is -0.265. The van der Waals surface area contributed by atoms with E-state index in [1.807, 2.05) is 99.8 Å². The van der Waals surface area contributed by atoms with Gasteiger partial charge in [-0.1, -0.05) is 89.3 Å². The molecular formula is C100H149N9O25. The zero-order chi connectivity index (χ0) is 96.3. The number of carbonyl (C=O) groups excluding carboxylic acids is 7.